The Morgan fingerprint density at radius 1 is 1.19 bits per heavy atom. The van der Waals surface area contributed by atoms with Gasteiger partial charge < -0.3 is 15.2 Å². The molecule has 1 unspecified atom stereocenters. The highest BCUT2D eigenvalue weighted by Crippen LogP contribution is 2.19. The zero-order valence-corrected chi connectivity index (χ0v) is 16.2. The third-order valence-corrected chi connectivity index (χ3v) is 4.57. The molecule has 0 fully saturated rings. The van der Waals surface area contributed by atoms with Gasteiger partial charge in [-0.25, -0.2) is 4.98 Å². The lowest BCUT2D eigenvalue weighted by molar-refractivity contribution is 0.219. The Hall–Kier alpha value is -2.34. The molecule has 6 heteroatoms. The van der Waals surface area contributed by atoms with Gasteiger partial charge in [0.1, 0.15) is 0 Å². The number of hydrogen-bond acceptors (Lipinski definition) is 3. The molecule has 6 nitrogen and oxygen atoms in total. The lowest BCUT2D eigenvalue weighted by Crippen LogP contribution is -2.43. The van der Waals surface area contributed by atoms with Crippen LogP contribution in [0, 0.1) is 0 Å². The summed E-state index contributed by atoms with van der Waals surface area (Å²) in [4.78, 5) is 10.9. The molecule has 142 valence electrons. The summed E-state index contributed by atoms with van der Waals surface area (Å²) in [6, 6.07) is 11.0. The molecule has 1 atom stereocenters. The van der Waals surface area contributed by atoms with Crippen molar-refractivity contribution in [2.24, 2.45) is 4.99 Å². The summed E-state index contributed by atoms with van der Waals surface area (Å²) < 4.78 is 2.09. The predicted octanol–water partition coefficient (Wildman–Crippen LogP) is 2.52. The SMILES string of the molecule is CCN(CC)C(CNC(=NC)NCCCn1ccnc1)c1ccccc1. The van der Waals surface area contributed by atoms with E-state index in [-0.39, 0.29) is 0 Å². The lowest BCUT2D eigenvalue weighted by atomic mass is 10.1. The van der Waals surface area contributed by atoms with Crippen molar-refractivity contribution < 1.29 is 0 Å². The number of likely N-dealkylation sites (N-methyl/N-ethyl adjacent to an activating group) is 1. The van der Waals surface area contributed by atoms with Crippen LogP contribution in [0.4, 0.5) is 0 Å². The largest absolute Gasteiger partial charge is 0.356 e. The summed E-state index contributed by atoms with van der Waals surface area (Å²) >= 11 is 0. The summed E-state index contributed by atoms with van der Waals surface area (Å²) in [5, 5.41) is 6.89. The molecule has 0 radical (unpaired) electrons. The van der Waals surface area contributed by atoms with Crippen LogP contribution in [0.15, 0.2) is 54.0 Å². The van der Waals surface area contributed by atoms with Crippen molar-refractivity contribution in [2.75, 3.05) is 33.2 Å². The average Bonchev–Trinajstić information content (AvgIpc) is 3.20. The summed E-state index contributed by atoms with van der Waals surface area (Å²) in [5.41, 5.74) is 1.33. The Morgan fingerprint density at radius 3 is 2.58 bits per heavy atom. The van der Waals surface area contributed by atoms with Gasteiger partial charge in [0.2, 0.25) is 0 Å². The van der Waals surface area contributed by atoms with Crippen molar-refractivity contribution in [1.82, 2.24) is 25.1 Å². The molecule has 0 saturated heterocycles. The van der Waals surface area contributed by atoms with Crippen molar-refractivity contribution in [3.05, 3.63) is 54.6 Å². The number of guanidine groups is 1. The highest BCUT2D eigenvalue weighted by Gasteiger charge is 2.17. The molecule has 0 amide bonds. The summed E-state index contributed by atoms with van der Waals surface area (Å²) in [5.74, 6) is 0.851. The van der Waals surface area contributed by atoms with E-state index in [0.717, 1.165) is 45.1 Å². The zero-order valence-electron chi connectivity index (χ0n) is 16.2. The maximum atomic E-state index is 4.36. The molecule has 2 N–H and O–H groups in total. The van der Waals surface area contributed by atoms with E-state index in [4.69, 9.17) is 0 Å². The first-order valence-electron chi connectivity index (χ1n) is 9.47. The number of aromatic nitrogens is 2. The maximum absolute atomic E-state index is 4.36. The van der Waals surface area contributed by atoms with Gasteiger partial charge in [-0.05, 0) is 25.1 Å². The normalized spacial score (nSPS) is 13.0. The third-order valence-electron chi connectivity index (χ3n) is 4.57. The molecule has 2 rings (SSSR count). The molecule has 0 aliphatic rings. The van der Waals surface area contributed by atoms with E-state index in [0.29, 0.717) is 6.04 Å². The van der Waals surface area contributed by atoms with Gasteiger partial charge in [-0.2, -0.15) is 0 Å². The molecule has 1 heterocycles. The number of imidazole rings is 1. The van der Waals surface area contributed by atoms with Crippen molar-refractivity contribution >= 4 is 5.96 Å². The molecular formula is C20H32N6. The number of nitrogens with zero attached hydrogens (tertiary/aromatic N) is 4. The second-order valence-corrected chi connectivity index (χ2v) is 6.18. The van der Waals surface area contributed by atoms with Crippen LogP contribution in [0.2, 0.25) is 0 Å². The first-order valence-corrected chi connectivity index (χ1v) is 9.47. The van der Waals surface area contributed by atoms with Gasteiger partial charge in [-0.3, -0.25) is 9.89 Å². The van der Waals surface area contributed by atoms with E-state index in [1.54, 1.807) is 0 Å². The number of aliphatic imine (C=N–C) groups is 1. The van der Waals surface area contributed by atoms with Crippen molar-refractivity contribution in [2.45, 2.75) is 32.9 Å². The van der Waals surface area contributed by atoms with Crippen molar-refractivity contribution in [3.63, 3.8) is 0 Å². The van der Waals surface area contributed by atoms with Gasteiger partial charge in [0.15, 0.2) is 5.96 Å². The van der Waals surface area contributed by atoms with Crippen LogP contribution in [-0.4, -0.2) is 53.6 Å². The maximum Gasteiger partial charge on any atom is 0.191 e. The fraction of sp³-hybridized carbons (Fsp3) is 0.500. The summed E-state index contributed by atoms with van der Waals surface area (Å²) in [6.07, 6.45) is 6.67. The standard InChI is InChI=1S/C20H32N6/c1-4-26(5-2)19(18-10-7-6-8-11-18)16-24-20(21-3)23-12-9-14-25-15-13-22-17-25/h6-8,10-11,13,15,17,19H,4-5,9,12,14,16H2,1-3H3,(H2,21,23,24). The van der Waals surface area contributed by atoms with Crippen molar-refractivity contribution in [3.8, 4) is 0 Å². The Morgan fingerprint density at radius 2 is 1.96 bits per heavy atom. The van der Waals surface area contributed by atoms with Crippen LogP contribution in [0.5, 0.6) is 0 Å². The number of benzene rings is 1. The van der Waals surface area contributed by atoms with Crippen LogP contribution in [-0.2, 0) is 6.54 Å². The molecule has 2 aromatic rings. The molecule has 0 saturated carbocycles. The predicted molar refractivity (Wildman–Crippen MR) is 108 cm³/mol. The first kappa shape index (κ1) is 20.0. The highest BCUT2D eigenvalue weighted by molar-refractivity contribution is 5.79. The summed E-state index contributed by atoms with van der Waals surface area (Å²) in [6.45, 7) is 9.12. The fourth-order valence-corrected chi connectivity index (χ4v) is 3.10. The molecule has 0 aliphatic heterocycles. The minimum atomic E-state index is 0.329. The second-order valence-electron chi connectivity index (χ2n) is 6.18. The van der Waals surface area contributed by atoms with Crippen molar-refractivity contribution in [1.29, 1.82) is 0 Å². The molecule has 1 aromatic heterocycles. The highest BCUT2D eigenvalue weighted by atomic mass is 15.2. The lowest BCUT2D eigenvalue weighted by Gasteiger charge is -2.30. The Kier molecular flexibility index (Phi) is 8.69. The Bertz CT molecular complexity index is 619. The van der Waals surface area contributed by atoms with Gasteiger partial charge in [0.25, 0.3) is 0 Å². The molecule has 0 spiro atoms. The monoisotopic (exact) mass is 356 g/mol. The van der Waals surface area contributed by atoms with E-state index in [2.05, 4.69) is 74.3 Å². The van der Waals surface area contributed by atoms with E-state index < -0.39 is 0 Å². The summed E-state index contributed by atoms with van der Waals surface area (Å²) in [7, 11) is 1.82. The molecule has 0 aliphatic carbocycles. The van der Waals surface area contributed by atoms with Crippen LogP contribution < -0.4 is 10.6 Å². The van der Waals surface area contributed by atoms with E-state index in [1.807, 2.05) is 25.8 Å². The number of hydrogen-bond donors (Lipinski definition) is 2. The minimum Gasteiger partial charge on any atom is -0.356 e. The fourth-order valence-electron chi connectivity index (χ4n) is 3.10. The van der Waals surface area contributed by atoms with Gasteiger partial charge in [0.05, 0.1) is 12.4 Å². The topological polar surface area (TPSA) is 57.5 Å². The Balaban J connectivity index is 1.84. The Labute approximate surface area is 157 Å². The molecular weight excluding hydrogens is 324 g/mol. The smallest absolute Gasteiger partial charge is 0.191 e. The molecule has 26 heavy (non-hydrogen) atoms. The van der Waals surface area contributed by atoms with Crippen LogP contribution in [0.3, 0.4) is 0 Å². The van der Waals surface area contributed by atoms with E-state index >= 15 is 0 Å². The second kappa shape index (κ2) is 11.3. The van der Waals surface area contributed by atoms with E-state index in [9.17, 15) is 0 Å². The van der Waals surface area contributed by atoms with Gasteiger partial charge >= 0.3 is 0 Å². The van der Waals surface area contributed by atoms with Gasteiger partial charge in [0, 0.05) is 39.1 Å². The first-order chi connectivity index (χ1) is 12.8. The number of nitrogens with one attached hydrogen (secondary N) is 2. The van der Waals surface area contributed by atoms with Crippen LogP contribution >= 0.6 is 0 Å². The minimum absolute atomic E-state index is 0.329. The van der Waals surface area contributed by atoms with Gasteiger partial charge in [-0.1, -0.05) is 44.2 Å². The third kappa shape index (κ3) is 6.19. The molecule has 1 aromatic carbocycles. The average molecular weight is 357 g/mol. The number of aryl methyl sites for hydroxylation is 1. The van der Waals surface area contributed by atoms with E-state index in [1.165, 1.54) is 5.56 Å². The van der Waals surface area contributed by atoms with Crippen LogP contribution in [0.1, 0.15) is 31.9 Å². The van der Waals surface area contributed by atoms with Crippen LogP contribution in [0.25, 0.3) is 0 Å². The molecule has 0 bridgehead atoms. The zero-order chi connectivity index (χ0) is 18.6. The quantitative estimate of drug-likeness (QED) is 0.390. The van der Waals surface area contributed by atoms with Gasteiger partial charge in [-0.15, -0.1) is 0 Å². The number of rotatable bonds is 10.